The van der Waals surface area contributed by atoms with Crippen molar-refractivity contribution in [3.8, 4) is 0 Å². The fourth-order valence-electron chi connectivity index (χ4n) is 2.13. The van der Waals surface area contributed by atoms with Crippen LogP contribution in [-0.2, 0) is 0 Å². The Bertz CT molecular complexity index is 454. The second-order valence-electron chi connectivity index (χ2n) is 5.45. The topological polar surface area (TPSA) is 15.6 Å². The Kier molecular flexibility index (Phi) is 6.44. The molecule has 0 radical (unpaired) electrons. The summed E-state index contributed by atoms with van der Waals surface area (Å²) in [6.45, 7) is 4.36. The summed E-state index contributed by atoms with van der Waals surface area (Å²) in [5.74, 6) is 0.767. The van der Waals surface area contributed by atoms with Gasteiger partial charge in [-0.2, -0.15) is 0 Å². The Morgan fingerprint density at radius 3 is 2.55 bits per heavy atom. The fraction of sp³-hybridized carbons (Fsp3) is 0.562. The summed E-state index contributed by atoms with van der Waals surface area (Å²) in [5.41, 5.74) is 2.83. The van der Waals surface area contributed by atoms with E-state index in [1.807, 2.05) is 0 Å². The van der Waals surface area contributed by atoms with Crippen LogP contribution in [0.25, 0.3) is 0 Å². The van der Waals surface area contributed by atoms with Crippen molar-refractivity contribution < 1.29 is 21.2 Å². The van der Waals surface area contributed by atoms with Crippen molar-refractivity contribution in [2.45, 2.75) is 23.8 Å². The number of nitrogens with zero attached hydrogens (tertiary/aromatic N) is 2. The van der Waals surface area contributed by atoms with Crippen molar-refractivity contribution in [1.82, 2.24) is 4.90 Å². The Labute approximate surface area is 135 Å². The Hall–Kier alpha value is 0.01000. The fourth-order valence-corrected chi connectivity index (χ4v) is 4.09. The molecular formula is C16H25IN2P-. The van der Waals surface area contributed by atoms with Crippen LogP contribution in [0, 0.1) is 5.92 Å². The van der Waals surface area contributed by atoms with Crippen LogP contribution >= 0.6 is 9.24 Å². The number of halogens is 1. The van der Waals surface area contributed by atoms with E-state index in [4.69, 9.17) is 4.99 Å². The molecule has 1 aliphatic carbocycles. The van der Waals surface area contributed by atoms with Crippen molar-refractivity contribution in [3.05, 3.63) is 29.8 Å². The minimum absolute atomic E-state index is 0.0783. The Balaban J connectivity index is 2.15. The molecule has 0 aliphatic heterocycles. The van der Waals surface area contributed by atoms with Gasteiger partial charge in [0.2, 0.25) is 0 Å². The third-order valence-corrected chi connectivity index (χ3v) is 6.28. The van der Waals surface area contributed by atoms with Crippen LogP contribution in [0.3, 0.4) is 0 Å². The van der Waals surface area contributed by atoms with E-state index >= 15 is 0 Å². The van der Waals surface area contributed by atoms with E-state index in [0.29, 0.717) is 4.05 Å². The predicted octanol–water partition coefficient (Wildman–Crippen LogP) is -0.293. The normalized spacial score (nSPS) is 17.8. The van der Waals surface area contributed by atoms with Crippen molar-refractivity contribution >= 4 is 20.3 Å². The van der Waals surface area contributed by atoms with E-state index < -0.39 is 0 Å². The van der Waals surface area contributed by atoms with Gasteiger partial charge in [0.1, 0.15) is 0 Å². The van der Waals surface area contributed by atoms with E-state index in [-0.39, 0.29) is 21.2 Å². The van der Waals surface area contributed by atoms with Crippen molar-refractivity contribution in [2.75, 3.05) is 25.1 Å². The Morgan fingerprint density at radius 1 is 1.40 bits per heavy atom. The third kappa shape index (κ3) is 4.78. The van der Waals surface area contributed by atoms with Crippen LogP contribution in [0.1, 0.15) is 29.4 Å². The molecule has 1 aliphatic rings. The molecule has 0 saturated heterocycles. The van der Waals surface area contributed by atoms with Crippen LogP contribution in [0.15, 0.2) is 29.3 Å². The monoisotopic (exact) mass is 403 g/mol. The van der Waals surface area contributed by atoms with E-state index in [2.05, 4.69) is 57.3 Å². The molecule has 0 amide bonds. The molecule has 2 unspecified atom stereocenters. The quantitative estimate of drug-likeness (QED) is 0.201. The molecule has 2 atom stereocenters. The number of rotatable bonds is 7. The molecule has 2 rings (SSSR count). The third-order valence-electron chi connectivity index (χ3n) is 3.72. The van der Waals surface area contributed by atoms with E-state index in [1.54, 1.807) is 0 Å². The molecule has 1 fully saturated rings. The molecule has 0 N–H and O–H groups in total. The predicted molar refractivity (Wildman–Crippen MR) is 87.8 cm³/mol. The molecule has 2 nitrogen and oxygen atoms in total. The second kappa shape index (κ2) is 7.86. The molecule has 4 heteroatoms. The zero-order valence-electron chi connectivity index (χ0n) is 12.6. The summed E-state index contributed by atoms with van der Waals surface area (Å²) in [6.07, 6.45) is 2.69. The van der Waals surface area contributed by atoms with Crippen LogP contribution in [0.2, 0.25) is 0 Å². The summed E-state index contributed by atoms with van der Waals surface area (Å²) in [5, 5.41) is 1.25. The van der Waals surface area contributed by atoms with Gasteiger partial charge in [0.15, 0.2) is 0 Å². The molecule has 20 heavy (non-hydrogen) atoms. The van der Waals surface area contributed by atoms with Crippen LogP contribution < -0.4 is 26.5 Å². The van der Waals surface area contributed by atoms with Gasteiger partial charge in [0.25, 0.3) is 0 Å². The van der Waals surface area contributed by atoms with Gasteiger partial charge in [-0.3, -0.25) is 0 Å². The molecule has 0 heterocycles. The van der Waals surface area contributed by atoms with E-state index in [1.165, 1.54) is 29.4 Å². The van der Waals surface area contributed by atoms with Crippen LogP contribution in [0.5, 0.6) is 0 Å². The van der Waals surface area contributed by atoms with Crippen LogP contribution in [0.4, 0.5) is 0 Å². The van der Waals surface area contributed by atoms with E-state index in [9.17, 15) is 0 Å². The first-order valence-corrected chi connectivity index (χ1v) is 11.2. The van der Waals surface area contributed by atoms with Crippen LogP contribution in [-0.4, -0.2) is 35.7 Å². The molecule has 1 saturated carbocycles. The molecule has 0 bridgehead atoms. The van der Waals surface area contributed by atoms with Gasteiger partial charge < -0.3 is 0 Å². The molecule has 1 aromatic carbocycles. The summed E-state index contributed by atoms with van der Waals surface area (Å²) in [7, 11) is 4.94. The van der Waals surface area contributed by atoms with Gasteiger partial charge in [0.05, 0.1) is 0 Å². The SMILES string of the molecule is CCN(C)C/C(=N/C([I-]C)c1ccc(P)cc1)C1CC1. The molecule has 0 spiro atoms. The average molecular weight is 403 g/mol. The van der Waals surface area contributed by atoms with Gasteiger partial charge in [-0.1, -0.05) is 0 Å². The Morgan fingerprint density at radius 2 is 2.05 bits per heavy atom. The molecule has 1 aromatic rings. The zero-order valence-corrected chi connectivity index (χ0v) is 16.0. The second-order valence-corrected chi connectivity index (χ2v) is 8.54. The standard InChI is InChI=1S/C16H25IN2P/c1-4-19(3)11-15(12-5-6-12)18-16(17-2)13-7-9-14(20)10-8-13/h7-10,12,16H,4-6,11,20H2,1-3H3/q-1/b18-15-. The van der Waals surface area contributed by atoms with Gasteiger partial charge in [0, 0.05) is 0 Å². The maximum absolute atomic E-state index is 5.16. The average Bonchev–Trinajstić information content (AvgIpc) is 3.29. The number of alkyl halides is 2. The summed E-state index contributed by atoms with van der Waals surface area (Å²) in [6, 6.07) is 8.84. The van der Waals surface area contributed by atoms with Crippen molar-refractivity contribution in [2.24, 2.45) is 10.9 Å². The molecular weight excluding hydrogens is 378 g/mol. The van der Waals surface area contributed by atoms with Gasteiger partial charge >= 0.3 is 136 Å². The van der Waals surface area contributed by atoms with Crippen molar-refractivity contribution in [1.29, 1.82) is 0 Å². The van der Waals surface area contributed by atoms with Gasteiger partial charge in [-0.15, -0.1) is 0 Å². The molecule has 112 valence electrons. The molecule has 0 aromatic heterocycles. The van der Waals surface area contributed by atoms with Crippen molar-refractivity contribution in [3.63, 3.8) is 0 Å². The minimum atomic E-state index is 0.0783. The number of benzene rings is 1. The first-order valence-electron chi connectivity index (χ1n) is 7.22. The first-order chi connectivity index (χ1) is 9.63. The summed E-state index contributed by atoms with van der Waals surface area (Å²) in [4.78, 5) is 9.87. The maximum atomic E-state index is 5.16. The number of hydrogen-bond donors (Lipinski definition) is 0. The summed E-state index contributed by atoms with van der Waals surface area (Å²) >= 11 is 0.0783. The summed E-state index contributed by atoms with van der Waals surface area (Å²) < 4.78 is 0.431. The van der Waals surface area contributed by atoms with Gasteiger partial charge in [-0.05, 0) is 0 Å². The van der Waals surface area contributed by atoms with E-state index in [0.717, 1.165) is 19.0 Å². The first kappa shape index (κ1) is 16.4. The van der Waals surface area contributed by atoms with Gasteiger partial charge in [-0.25, -0.2) is 0 Å². The zero-order chi connectivity index (χ0) is 14.5. The number of hydrogen-bond acceptors (Lipinski definition) is 2. The number of aliphatic imine (C=N–C) groups is 1.